The maximum absolute atomic E-state index is 11.6. The molecule has 0 aliphatic carbocycles. The topological polar surface area (TPSA) is 117 Å². The number of fused-ring (bicyclic) bond motifs is 1. The Hall–Kier alpha value is -2.96. The summed E-state index contributed by atoms with van der Waals surface area (Å²) in [5.41, 5.74) is 1.48. The number of pyridine rings is 1. The van der Waals surface area contributed by atoms with E-state index in [1.165, 1.54) is 0 Å². The van der Waals surface area contributed by atoms with Gasteiger partial charge < -0.3 is 15.5 Å². The van der Waals surface area contributed by atoms with Gasteiger partial charge in [-0.25, -0.2) is 9.59 Å². The number of carbonyl (C=O) groups excluding carboxylic acids is 1. The van der Waals surface area contributed by atoms with Gasteiger partial charge in [0.15, 0.2) is 0 Å². The van der Waals surface area contributed by atoms with Crippen LogP contribution in [0.5, 0.6) is 0 Å². The molecule has 0 radical (unpaired) electrons. The second-order valence-corrected chi connectivity index (χ2v) is 4.67. The Balaban J connectivity index is 1.97. The molecule has 2 rings (SSSR count). The summed E-state index contributed by atoms with van der Waals surface area (Å²) in [4.78, 5) is 37.4. The van der Waals surface area contributed by atoms with Crippen molar-refractivity contribution in [3.05, 3.63) is 42.1 Å². The molecule has 0 spiro atoms. The number of aliphatic carboxylic acids is 2. The van der Waals surface area contributed by atoms with E-state index in [0.29, 0.717) is 12.1 Å². The number of amides is 1. The summed E-state index contributed by atoms with van der Waals surface area (Å²) < 4.78 is 0. The monoisotopic (exact) mass is 302 g/mol. The molecule has 22 heavy (non-hydrogen) atoms. The van der Waals surface area contributed by atoms with Gasteiger partial charge in [0.25, 0.3) is 0 Å². The minimum absolute atomic E-state index is 0.0393. The van der Waals surface area contributed by atoms with Gasteiger partial charge >= 0.3 is 11.9 Å². The number of rotatable bonds is 6. The first kappa shape index (κ1) is 15.4. The molecule has 0 unspecified atom stereocenters. The third-order valence-corrected chi connectivity index (χ3v) is 3.06. The minimum Gasteiger partial charge on any atom is -0.479 e. The highest BCUT2D eigenvalue weighted by Crippen LogP contribution is 2.12. The zero-order valence-corrected chi connectivity index (χ0v) is 11.5. The number of aromatic nitrogens is 1. The number of hydrogen-bond donors (Lipinski definition) is 3. The molecule has 0 fully saturated rings. The Morgan fingerprint density at radius 3 is 2.41 bits per heavy atom. The molecular weight excluding hydrogens is 288 g/mol. The first-order chi connectivity index (χ1) is 10.5. The number of aryl methyl sites for hydroxylation is 1. The molecule has 0 aliphatic heterocycles. The van der Waals surface area contributed by atoms with Crippen LogP contribution in [0.2, 0.25) is 0 Å². The number of carboxylic acids is 2. The van der Waals surface area contributed by atoms with Gasteiger partial charge in [-0.3, -0.25) is 9.78 Å². The molecule has 3 N–H and O–H groups in total. The van der Waals surface area contributed by atoms with E-state index in [9.17, 15) is 14.4 Å². The molecule has 0 atom stereocenters. The summed E-state index contributed by atoms with van der Waals surface area (Å²) >= 11 is 0. The first-order valence-electron chi connectivity index (χ1n) is 6.57. The van der Waals surface area contributed by atoms with Crippen molar-refractivity contribution in [2.75, 3.05) is 0 Å². The van der Waals surface area contributed by atoms with Gasteiger partial charge in [0, 0.05) is 17.5 Å². The third-order valence-electron chi connectivity index (χ3n) is 3.06. The highest BCUT2D eigenvalue weighted by atomic mass is 16.4. The minimum atomic E-state index is -1.93. The van der Waals surface area contributed by atoms with E-state index < -0.39 is 23.9 Å². The lowest BCUT2D eigenvalue weighted by atomic mass is 10.1. The second kappa shape index (κ2) is 6.66. The van der Waals surface area contributed by atoms with E-state index in [-0.39, 0.29) is 6.42 Å². The molecule has 1 aromatic carbocycles. The number of carboxylic acid groups (broad SMARTS) is 2. The maximum Gasteiger partial charge on any atom is 0.338 e. The summed E-state index contributed by atoms with van der Waals surface area (Å²) in [5.74, 6) is -3.86. The zero-order valence-electron chi connectivity index (χ0n) is 11.5. The Bertz CT molecular complexity index is 715. The van der Waals surface area contributed by atoms with E-state index in [1.807, 2.05) is 35.6 Å². The van der Waals surface area contributed by atoms with Crippen LogP contribution in [0.4, 0.5) is 0 Å². The van der Waals surface area contributed by atoms with Gasteiger partial charge in [-0.15, -0.1) is 0 Å². The maximum atomic E-state index is 11.6. The van der Waals surface area contributed by atoms with Crippen LogP contribution < -0.4 is 5.32 Å². The highest BCUT2D eigenvalue weighted by Gasteiger charge is 2.27. The lowest BCUT2D eigenvalue weighted by Crippen LogP contribution is -2.46. The number of para-hydroxylation sites is 1. The molecule has 0 aliphatic rings. The van der Waals surface area contributed by atoms with Crippen LogP contribution in [0, 0.1) is 0 Å². The van der Waals surface area contributed by atoms with Crippen LogP contribution in [0.15, 0.2) is 36.4 Å². The molecule has 7 heteroatoms. The van der Waals surface area contributed by atoms with E-state index >= 15 is 0 Å². The van der Waals surface area contributed by atoms with Gasteiger partial charge in [0.1, 0.15) is 0 Å². The summed E-state index contributed by atoms with van der Waals surface area (Å²) in [6, 6.07) is 9.25. The van der Waals surface area contributed by atoms with Crippen molar-refractivity contribution >= 4 is 28.7 Å². The predicted octanol–water partition coefficient (Wildman–Crippen LogP) is 0.821. The van der Waals surface area contributed by atoms with E-state index in [2.05, 4.69) is 4.98 Å². The lowest BCUT2D eigenvalue weighted by molar-refractivity contribution is -0.153. The molecule has 114 valence electrons. The molecule has 2 aromatic rings. The van der Waals surface area contributed by atoms with Crippen molar-refractivity contribution in [2.24, 2.45) is 0 Å². The van der Waals surface area contributed by atoms with Gasteiger partial charge in [-0.05, 0) is 18.6 Å². The lowest BCUT2D eigenvalue weighted by Gasteiger charge is -2.09. The number of nitrogens with zero attached hydrogens (tertiary/aromatic N) is 1. The van der Waals surface area contributed by atoms with Crippen LogP contribution in [0.1, 0.15) is 12.1 Å². The number of benzene rings is 1. The zero-order chi connectivity index (χ0) is 16.1. The van der Waals surface area contributed by atoms with Crippen LogP contribution in [0.3, 0.4) is 0 Å². The molecule has 1 heterocycles. The van der Waals surface area contributed by atoms with Gasteiger partial charge in [-0.2, -0.15) is 0 Å². The smallest absolute Gasteiger partial charge is 0.338 e. The van der Waals surface area contributed by atoms with Gasteiger partial charge in [-0.1, -0.05) is 24.3 Å². The van der Waals surface area contributed by atoms with Crippen LogP contribution in [-0.4, -0.2) is 39.1 Å². The summed E-state index contributed by atoms with van der Waals surface area (Å²) in [7, 11) is 0. The fourth-order valence-corrected chi connectivity index (χ4v) is 1.95. The third kappa shape index (κ3) is 3.78. The standard InChI is InChI=1S/C15H14N2O5/c18-12(17-13(14(19)20)15(21)22)8-7-10-6-5-9-3-1-2-4-11(9)16-10/h1-6,13H,7-8H2,(H,17,18)(H,19,20)(H,21,22). The normalized spacial score (nSPS) is 10.6. The molecule has 7 nitrogen and oxygen atoms in total. The van der Waals surface area contributed by atoms with Crippen molar-refractivity contribution in [2.45, 2.75) is 18.9 Å². The number of hydrogen-bond acceptors (Lipinski definition) is 4. The quantitative estimate of drug-likeness (QED) is 0.680. The van der Waals surface area contributed by atoms with Gasteiger partial charge in [0.2, 0.25) is 11.9 Å². The number of nitrogens with one attached hydrogen (secondary N) is 1. The Labute approximate surface area is 125 Å². The summed E-state index contributed by atoms with van der Waals surface area (Å²) in [5, 5.41) is 20.3. The van der Waals surface area contributed by atoms with Crippen molar-refractivity contribution in [3.63, 3.8) is 0 Å². The predicted molar refractivity (Wildman–Crippen MR) is 77.3 cm³/mol. The summed E-state index contributed by atoms with van der Waals surface area (Å²) in [6.45, 7) is 0. The van der Waals surface area contributed by atoms with Crippen molar-refractivity contribution in [3.8, 4) is 0 Å². The Morgan fingerprint density at radius 2 is 1.73 bits per heavy atom. The van der Waals surface area contributed by atoms with Crippen molar-refractivity contribution in [1.82, 2.24) is 10.3 Å². The Morgan fingerprint density at radius 1 is 1.05 bits per heavy atom. The Kier molecular flexibility index (Phi) is 4.67. The second-order valence-electron chi connectivity index (χ2n) is 4.67. The van der Waals surface area contributed by atoms with E-state index in [0.717, 1.165) is 10.9 Å². The SMILES string of the molecule is O=C(CCc1ccc2ccccc2n1)NC(C(=O)O)C(=O)O. The fourth-order valence-electron chi connectivity index (χ4n) is 1.95. The van der Waals surface area contributed by atoms with E-state index in [1.54, 1.807) is 6.07 Å². The molecule has 1 aromatic heterocycles. The van der Waals surface area contributed by atoms with Crippen LogP contribution >= 0.6 is 0 Å². The first-order valence-corrected chi connectivity index (χ1v) is 6.57. The molecule has 0 bridgehead atoms. The molecule has 0 saturated heterocycles. The average molecular weight is 302 g/mol. The fraction of sp³-hybridized carbons (Fsp3) is 0.200. The number of carbonyl (C=O) groups is 3. The van der Waals surface area contributed by atoms with Crippen LogP contribution in [0.25, 0.3) is 10.9 Å². The highest BCUT2D eigenvalue weighted by molar-refractivity contribution is 6.00. The molecule has 0 saturated carbocycles. The van der Waals surface area contributed by atoms with Crippen molar-refractivity contribution in [1.29, 1.82) is 0 Å². The van der Waals surface area contributed by atoms with E-state index in [4.69, 9.17) is 10.2 Å². The molecular formula is C15H14N2O5. The van der Waals surface area contributed by atoms with Crippen LogP contribution in [-0.2, 0) is 20.8 Å². The van der Waals surface area contributed by atoms with Crippen molar-refractivity contribution < 1.29 is 24.6 Å². The largest absolute Gasteiger partial charge is 0.479 e. The summed E-state index contributed by atoms with van der Waals surface area (Å²) in [6.07, 6.45) is 0.255. The average Bonchev–Trinajstić information content (AvgIpc) is 2.49. The van der Waals surface area contributed by atoms with Gasteiger partial charge in [0.05, 0.1) is 5.52 Å². The molecule has 1 amide bonds.